The molecule has 0 radical (unpaired) electrons. The summed E-state index contributed by atoms with van der Waals surface area (Å²) in [6.45, 7) is 0.865. The molecule has 0 aliphatic heterocycles. The van der Waals surface area contributed by atoms with E-state index < -0.39 is 6.10 Å². The summed E-state index contributed by atoms with van der Waals surface area (Å²) in [5.41, 5.74) is 3.02. The molecular formula is C22H19ClI2N2O2. The third-order valence-corrected chi connectivity index (χ3v) is 6.45. The van der Waals surface area contributed by atoms with Crippen LogP contribution < -0.4 is 10.1 Å². The van der Waals surface area contributed by atoms with Crippen molar-refractivity contribution in [3.05, 3.63) is 66.8 Å². The van der Waals surface area contributed by atoms with E-state index in [2.05, 4.69) is 91.5 Å². The zero-order valence-corrected chi connectivity index (χ0v) is 20.7. The zero-order valence-electron chi connectivity index (χ0n) is 15.6. The van der Waals surface area contributed by atoms with Crippen LogP contribution in [0.5, 0.6) is 5.75 Å². The van der Waals surface area contributed by atoms with Gasteiger partial charge in [-0.2, -0.15) is 0 Å². The molecule has 0 bridgehead atoms. The molecular weight excluding hydrogens is 614 g/mol. The smallest absolute Gasteiger partial charge is 0.142 e. The predicted molar refractivity (Wildman–Crippen MR) is 137 cm³/mol. The Morgan fingerprint density at radius 2 is 1.62 bits per heavy atom. The van der Waals surface area contributed by atoms with E-state index >= 15 is 0 Å². The molecule has 4 aromatic rings. The summed E-state index contributed by atoms with van der Waals surface area (Å²) in [7, 11) is 1.62. The Morgan fingerprint density at radius 3 is 2.21 bits per heavy atom. The van der Waals surface area contributed by atoms with Gasteiger partial charge in [-0.15, -0.1) is 0 Å². The van der Waals surface area contributed by atoms with E-state index in [1.54, 1.807) is 19.2 Å². The molecule has 29 heavy (non-hydrogen) atoms. The number of aliphatic hydroxyl groups excluding tert-OH is 1. The molecule has 4 nitrogen and oxygen atoms in total. The standard InChI is InChI=1S/C22H19ClI2N2O2/c1-29-22-7-2-13(23)8-19(22)26-11-16(28)12-27-20-5-3-14(24)9-17(20)18-10-15(25)4-6-21(18)27/h2-10,16,26,28H,11-12H2,1H3. The quantitative estimate of drug-likeness (QED) is 0.251. The Labute approximate surface area is 201 Å². The van der Waals surface area contributed by atoms with Crippen molar-refractivity contribution < 1.29 is 9.84 Å². The Hall–Kier alpha value is -1.23. The molecule has 0 saturated heterocycles. The maximum atomic E-state index is 10.8. The molecule has 1 aromatic heterocycles. The maximum Gasteiger partial charge on any atom is 0.142 e. The van der Waals surface area contributed by atoms with Crippen molar-refractivity contribution in [2.75, 3.05) is 19.0 Å². The summed E-state index contributed by atoms with van der Waals surface area (Å²) >= 11 is 10.8. The van der Waals surface area contributed by atoms with Crippen molar-refractivity contribution in [3.63, 3.8) is 0 Å². The van der Waals surface area contributed by atoms with Crippen LogP contribution in [-0.2, 0) is 6.54 Å². The molecule has 1 heterocycles. The number of aromatic nitrogens is 1. The first-order valence-corrected chi connectivity index (χ1v) is 11.6. The average Bonchev–Trinajstić information content (AvgIpc) is 2.98. The molecule has 150 valence electrons. The summed E-state index contributed by atoms with van der Waals surface area (Å²) < 4.78 is 9.95. The lowest BCUT2D eigenvalue weighted by Crippen LogP contribution is -2.25. The average molecular weight is 633 g/mol. The summed E-state index contributed by atoms with van der Waals surface area (Å²) in [4.78, 5) is 0. The van der Waals surface area contributed by atoms with Crippen LogP contribution in [0.4, 0.5) is 5.69 Å². The van der Waals surface area contributed by atoms with E-state index in [9.17, 15) is 5.11 Å². The fourth-order valence-corrected chi connectivity index (χ4v) is 4.72. The van der Waals surface area contributed by atoms with Crippen LogP contribution in [0, 0.1) is 7.14 Å². The molecule has 1 unspecified atom stereocenters. The van der Waals surface area contributed by atoms with Gasteiger partial charge >= 0.3 is 0 Å². The molecule has 0 amide bonds. The monoisotopic (exact) mass is 632 g/mol. The molecule has 0 saturated carbocycles. The molecule has 4 rings (SSSR count). The SMILES string of the molecule is COc1ccc(Cl)cc1NCC(O)Cn1c2ccc(I)cc2c2cc(I)ccc21. The first-order valence-electron chi connectivity index (χ1n) is 9.09. The third-order valence-electron chi connectivity index (χ3n) is 4.87. The van der Waals surface area contributed by atoms with Crippen LogP contribution >= 0.6 is 56.8 Å². The number of aliphatic hydroxyl groups is 1. The summed E-state index contributed by atoms with van der Waals surface area (Å²) in [5.74, 6) is 0.697. The molecule has 0 fully saturated rings. The number of nitrogens with zero attached hydrogens (tertiary/aromatic N) is 1. The second kappa shape index (κ2) is 8.87. The lowest BCUT2D eigenvalue weighted by atomic mass is 10.2. The Balaban J connectivity index is 1.63. The van der Waals surface area contributed by atoms with Crippen molar-refractivity contribution in [2.45, 2.75) is 12.6 Å². The van der Waals surface area contributed by atoms with Gasteiger partial charge in [-0.1, -0.05) is 11.6 Å². The van der Waals surface area contributed by atoms with Gasteiger partial charge in [0.15, 0.2) is 0 Å². The number of hydrogen-bond acceptors (Lipinski definition) is 3. The van der Waals surface area contributed by atoms with E-state index in [0.29, 0.717) is 23.9 Å². The van der Waals surface area contributed by atoms with Crippen molar-refractivity contribution in [1.29, 1.82) is 0 Å². The number of nitrogens with one attached hydrogen (secondary N) is 1. The molecule has 0 spiro atoms. The van der Waals surface area contributed by atoms with Crippen molar-refractivity contribution >= 4 is 84.3 Å². The molecule has 3 aromatic carbocycles. The lowest BCUT2D eigenvalue weighted by molar-refractivity contribution is 0.169. The fraction of sp³-hybridized carbons (Fsp3) is 0.182. The van der Waals surface area contributed by atoms with Gasteiger partial charge in [0.05, 0.1) is 25.4 Å². The highest BCUT2D eigenvalue weighted by Gasteiger charge is 2.15. The second-order valence-corrected chi connectivity index (χ2v) is 9.74. The Morgan fingerprint density at radius 1 is 1.00 bits per heavy atom. The van der Waals surface area contributed by atoms with Crippen LogP contribution in [0.1, 0.15) is 0 Å². The van der Waals surface area contributed by atoms with Gasteiger partial charge in [-0.3, -0.25) is 0 Å². The fourth-order valence-electron chi connectivity index (χ4n) is 3.57. The van der Waals surface area contributed by atoms with E-state index in [1.807, 2.05) is 6.07 Å². The molecule has 0 aliphatic carbocycles. The minimum Gasteiger partial charge on any atom is -0.495 e. The van der Waals surface area contributed by atoms with Crippen molar-refractivity contribution in [1.82, 2.24) is 4.57 Å². The number of fused-ring (bicyclic) bond motifs is 3. The van der Waals surface area contributed by atoms with Gasteiger partial charge in [0.2, 0.25) is 0 Å². The minimum atomic E-state index is -0.587. The van der Waals surface area contributed by atoms with Gasteiger partial charge in [0.25, 0.3) is 0 Å². The zero-order chi connectivity index (χ0) is 20.5. The van der Waals surface area contributed by atoms with Gasteiger partial charge in [0, 0.05) is 40.5 Å². The first-order chi connectivity index (χ1) is 14.0. The highest BCUT2D eigenvalue weighted by Crippen LogP contribution is 2.32. The minimum absolute atomic E-state index is 0.382. The normalized spacial score (nSPS) is 12.4. The number of benzene rings is 3. The number of hydrogen-bond donors (Lipinski definition) is 2. The van der Waals surface area contributed by atoms with E-state index in [0.717, 1.165) is 16.7 Å². The van der Waals surface area contributed by atoms with Crippen LogP contribution in [-0.4, -0.2) is 29.4 Å². The number of halogens is 3. The number of anilines is 1. The maximum absolute atomic E-state index is 10.8. The van der Waals surface area contributed by atoms with Crippen molar-refractivity contribution in [3.8, 4) is 5.75 Å². The Kier molecular flexibility index (Phi) is 6.43. The summed E-state index contributed by atoms with van der Waals surface area (Å²) in [6.07, 6.45) is -0.587. The lowest BCUT2D eigenvalue weighted by Gasteiger charge is -2.17. The highest BCUT2D eigenvalue weighted by molar-refractivity contribution is 14.1. The Bertz CT molecular complexity index is 1130. The van der Waals surface area contributed by atoms with E-state index in [1.165, 1.54) is 17.9 Å². The number of methoxy groups -OCH3 is 1. The number of ether oxygens (including phenoxy) is 1. The van der Waals surface area contributed by atoms with Gasteiger partial charge < -0.3 is 19.7 Å². The van der Waals surface area contributed by atoms with Crippen LogP contribution in [0.25, 0.3) is 21.8 Å². The molecule has 2 N–H and O–H groups in total. The van der Waals surface area contributed by atoms with E-state index in [4.69, 9.17) is 16.3 Å². The van der Waals surface area contributed by atoms with E-state index in [-0.39, 0.29) is 0 Å². The van der Waals surface area contributed by atoms with Crippen LogP contribution in [0.15, 0.2) is 54.6 Å². The molecule has 0 aliphatic rings. The largest absolute Gasteiger partial charge is 0.495 e. The van der Waals surface area contributed by atoms with Crippen LogP contribution in [0.2, 0.25) is 5.02 Å². The van der Waals surface area contributed by atoms with Gasteiger partial charge in [-0.25, -0.2) is 0 Å². The summed E-state index contributed by atoms with van der Waals surface area (Å²) in [6, 6.07) is 18.3. The number of rotatable bonds is 6. The van der Waals surface area contributed by atoms with Crippen molar-refractivity contribution in [2.24, 2.45) is 0 Å². The summed E-state index contributed by atoms with van der Waals surface area (Å²) in [5, 5.41) is 17.1. The highest BCUT2D eigenvalue weighted by atomic mass is 127. The second-order valence-electron chi connectivity index (χ2n) is 6.81. The van der Waals surface area contributed by atoms with Gasteiger partial charge in [0.1, 0.15) is 5.75 Å². The third kappa shape index (κ3) is 4.45. The molecule has 7 heteroatoms. The van der Waals surface area contributed by atoms with Crippen LogP contribution in [0.3, 0.4) is 0 Å². The topological polar surface area (TPSA) is 46.4 Å². The predicted octanol–water partition coefficient (Wildman–Crippen LogP) is 6.14. The molecule has 1 atom stereocenters. The first kappa shape index (κ1) is 21.0. The van der Waals surface area contributed by atoms with Gasteiger partial charge in [-0.05, 0) is 99.8 Å².